The summed E-state index contributed by atoms with van der Waals surface area (Å²) in [5, 5.41) is 0. The molecule has 0 aliphatic rings. The lowest BCUT2D eigenvalue weighted by molar-refractivity contribution is 0.625. The van der Waals surface area contributed by atoms with Crippen molar-refractivity contribution in [3.8, 4) is 0 Å². The van der Waals surface area contributed by atoms with E-state index in [0.717, 1.165) is 18.4 Å². The van der Waals surface area contributed by atoms with Crippen LogP contribution in [0.1, 0.15) is 32.3 Å². The van der Waals surface area contributed by atoms with Crippen molar-refractivity contribution in [2.45, 2.75) is 26.7 Å². The fraction of sp³-hybridized carbons (Fsp3) is 0.364. The van der Waals surface area contributed by atoms with Crippen LogP contribution < -0.4 is 0 Å². The molecule has 1 radical (unpaired) electrons. The van der Waals surface area contributed by atoms with Crippen molar-refractivity contribution < 1.29 is 4.39 Å². The lowest BCUT2D eigenvalue weighted by Gasteiger charge is -2.08. The average molecular weight is 165 g/mol. The summed E-state index contributed by atoms with van der Waals surface area (Å²) in [6, 6.07) is 6.77. The van der Waals surface area contributed by atoms with E-state index in [0.29, 0.717) is 0 Å². The van der Waals surface area contributed by atoms with Crippen LogP contribution in [0.3, 0.4) is 0 Å². The van der Waals surface area contributed by atoms with Gasteiger partial charge in [0.05, 0.1) is 0 Å². The number of rotatable bonds is 3. The van der Waals surface area contributed by atoms with Crippen molar-refractivity contribution in [1.82, 2.24) is 0 Å². The molecule has 0 amide bonds. The van der Waals surface area contributed by atoms with Gasteiger partial charge in [-0.1, -0.05) is 32.4 Å². The van der Waals surface area contributed by atoms with E-state index in [-0.39, 0.29) is 5.82 Å². The van der Waals surface area contributed by atoms with Crippen molar-refractivity contribution >= 4 is 0 Å². The summed E-state index contributed by atoms with van der Waals surface area (Å²) in [6.07, 6.45) is 2.16. The third kappa shape index (κ3) is 2.33. The highest BCUT2D eigenvalue weighted by molar-refractivity contribution is 5.29. The summed E-state index contributed by atoms with van der Waals surface area (Å²) >= 11 is 0. The second kappa shape index (κ2) is 4.24. The van der Waals surface area contributed by atoms with Gasteiger partial charge in [-0.2, -0.15) is 0 Å². The molecule has 0 fully saturated rings. The molecule has 12 heavy (non-hydrogen) atoms. The van der Waals surface area contributed by atoms with E-state index >= 15 is 0 Å². The molecule has 0 aliphatic carbocycles. The molecule has 0 nitrogen and oxygen atoms in total. The molecule has 0 heterocycles. The molecule has 1 heteroatoms. The molecule has 0 spiro atoms. The Balaban J connectivity index is 2.73. The van der Waals surface area contributed by atoms with Gasteiger partial charge in [-0.25, -0.2) is 4.39 Å². The minimum atomic E-state index is -0.150. The van der Waals surface area contributed by atoms with Gasteiger partial charge < -0.3 is 0 Å². The number of hydrogen-bond acceptors (Lipinski definition) is 0. The van der Waals surface area contributed by atoms with Crippen LogP contribution >= 0.6 is 0 Å². The Morgan fingerprint density at radius 2 is 2.17 bits per heavy atom. The largest absolute Gasteiger partial charge is 0.207 e. The van der Waals surface area contributed by atoms with E-state index in [1.54, 1.807) is 12.1 Å². The summed E-state index contributed by atoms with van der Waals surface area (Å²) < 4.78 is 12.8. The van der Waals surface area contributed by atoms with Gasteiger partial charge in [-0.05, 0) is 24.1 Å². The quantitative estimate of drug-likeness (QED) is 0.642. The maximum Gasteiger partial charge on any atom is 0.123 e. The fourth-order valence-corrected chi connectivity index (χ4v) is 1.27. The van der Waals surface area contributed by atoms with Crippen LogP contribution in [0.5, 0.6) is 0 Å². The van der Waals surface area contributed by atoms with Gasteiger partial charge in [0.25, 0.3) is 0 Å². The summed E-state index contributed by atoms with van der Waals surface area (Å²) in [5.41, 5.74) is 1.02. The van der Waals surface area contributed by atoms with E-state index in [1.165, 1.54) is 12.0 Å². The van der Waals surface area contributed by atoms with E-state index in [1.807, 2.05) is 6.07 Å². The Morgan fingerprint density at radius 1 is 1.42 bits per heavy atom. The van der Waals surface area contributed by atoms with Crippen molar-refractivity contribution in [2.24, 2.45) is 0 Å². The van der Waals surface area contributed by atoms with Crippen LogP contribution in [0, 0.1) is 11.7 Å². The summed E-state index contributed by atoms with van der Waals surface area (Å²) in [4.78, 5) is 0. The summed E-state index contributed by atoms with van der Waals surface area (Å²) in [7, 11) is 0. The molecule has 0 aliphatic heterocycles. The van der Waals surface area contributed by atoms with Crippen molar-refractivity contribution in [1.29, 1.82) is 0 Å². The number of hydrogen-bond donors (Lipinski definition) is 0. The highest BCUT2D eigenvalue weighted by Gasteiger charge is 2.04. The van der Waals surface area contributed by atoms with Crippen molar-refractivity contribution in [3.63, 3.8) is 0 Å². The van der Waals surface area contributed by atoms with E-state index in [2.05, 4.69) is 13.8 Å². The highest BCUT2D eigenvalue weighted by atomic mass is 19.1. The van der Waals surface area contributed by atoms with Gasteiger partial charge >= 0.3 is 0 Å². The molecule has 0 atom stereocenters. The molecule has 0 saturated heterocycles. The maximum atomic E-state index is 12.8. The Morgan fingerprint density at radius 3 is 2.75 bits per heavy atom. The molecule has 1 rings (SSSR count). The molecule has 0 unspecified atom stereocenters. The van der Waals surface area contributed by atoms with Crippen LogP contribution in [0.4, 0.5) is 4.39 Å². The summed E-state index contributed by atoms with van der Waals surface area (Å²) in [5.74, 6) is 1.11. The lowest BCUT2D eigenvalue weighted by Crippen LogP contribution is -1.93. The molecule has 0 saturated carbocycles. The lowest BCUT2D eigenvalue weighted by atomic mass is 9.97. The van der Waals surface area contributed by atoms with Gasteiger partial charge in [-0.3, -0.25) is 0 Å². The molecule has 0 aromatic heterocycles. The first-order valence-electron chi connectivity index (χ1n) is 4.32. The predicted octanol–water partition coefficient (Wildman–Crippen LogP) is 3.57. The third-order valence-electron chi connectivity index (χ3n) is 1.94. The smallest absolute Gasteiger partial charge is 0.123 e. The number of benzene rings is 1. The Labute approximate surface area is 73.4 Å². The maximum absolute atomic E-state index is 12.8. The zero-order chi connectivity index (χ0) is 8.97. The normalized spacial score (nSPS) is 10.7. The Kier molecular flexibility index (Phi) is 3.27. The van der Waals surface area contributed by atoms with Crippen LogP contribution in [-0.2, 0) is 0 Å². The minimum Gasteiger partial charge on any atom is -0.207 e. The third-order valence-corrected chi connectivity index (χ3v) is 1.94. The molecule has 0 N–H and O–H groups in total. The average Bonchev–Trinajstić information content (AvgIpc) is 2.05. The van der Waals surface area contributed by atoms with E-state index < -0.39 is 0 Å². The molecule has 0 bridgehead atoms. The zero-order valence-corrected chi connectivity index (χ0v) is 7.60. The van der Waals surface area contributed by atoms with E-state index in [9.17, 15) is 4.39 Å². The highest BCUT2D eigenvalue weighted by Crippen LogP contribution is 2.19. The van der Waals surface area contributed by atoms with Gasteiger partial charge in [0.15, 0.2) is 0 Å². The van der Waals surface area contributed by atoms with Crippen LogP contribution in [0.15, 0.2) is 24.3 Å². The second-order valence-corrected chi connectivity index (χ2v) is 3.04. The number of halogens is 1. The van der Waals surface area contributed by atoms with Crippen LogP contribution in [-0.4, -0.2) is 0 Å². The first kappa shape index (κ1) is 9.24. The fourth-order valence-electron chi connectivity index (χ4n) is 1.27. The molecular formula is C11H14F. The first-order chi connectivity index (χ1) is 5.74. The topological polar surface area (TPSA) is 0 Å². The van der Waals surface area contributed by atoms with Crippen LogP contribution in [0.2, 0.25) is 0 Å². The molecule has 1 aromatic carbocycles. The first-order valence-corrected chi connectivity index (χ1v) is 4.32. The molecule has 1 aromatic rings. The summed E-state index contributed by atoms with van der Waals surface area (Å²) in [6.45, 7) is 4.18. The van der Waals surface area contributed by atoms with E-state index in [4.69, 9.17) is 0 Å². The predicted molar refractivity (Wildman–Crippen MR) is 49.3 cm³/mol. The Bertz CT molecular complexity index is 243. The zero-order valence-electron chi connectivity index (χ0n) is 7.60. The standard InChI is InChI=1S/C11H14F/c1-3-5-9(2)10-6-4-7-11(12)8-10/h4,6-8H,3,5H2,1-2H3. The molecule has 65 valence electrons. The van der Waals surface area contributed by atoms with Gasteiger partial charge in [0, 0.05) is 5.92 Å². The Hall–Kier alpha value is -0.850. The van der Waals surface area contributed by atoms with Gasteiger partial charge in [0.1, 0.15) is 5.82 Å². The van der Waals surface area contributed by atoms with Gasteiger partial charge in [-0.15, -0.1) is 0 Å². The van der Waals surface area contributed by atoms with Gasteiger partial charge in [0.2, 0.25) is 0 Å². The van der Waals surface area contributed by atoms with Crippen molar-refractivity contribution in [2.75, 3.05) is 0 Å². The minimum absolute atomic E-state index is 0.150. The van der Waals surface area contributed by atoms with Crippen LogP contribution in [0.25, 0.3) is 0 Å². The SMILES string of the molecule is CCC[C](C)c1cccc(F)c1. The monoisotopic (exact) mass is 165 g/mol. The molecular weight excluding hydrogens is 151 g/mol. The second-order valence-electron chi connectivity index (χ2n) is 3.04. The van der Waals surface area contributed by atoms with Crippen molar-refractivity contribution in [3.05, 3.63) is 41.6 Å².